The van der Waals surface area contributed by atoms with Gasteiger partial charge in [-0.05, 0) is 30.9 Å². The molecular weight excluding hydrogens is 244 g/mol. The lowest BCUT2D eigenvalue weighted by molar-refractivity contribution is 0.0953. The van der Waals surface area contributed by atoms with Gasteiger partial charge in [-0.1, -0.05) is 37.2 Å². The SMILES string of the molecule is NC(=S)c1ccc(C(=O)NCCCC2CC2)cc1. The Bertz CT molecular complexity index is 438. The first kappa shape index (κ1) is 13.0. The number of hydrogen-bond donors (Lipinski definition) is 2. The molecule has 0 aromatic heterocycles. The number of thiocarbonyl (C=S) groups is 1. The fraction of sp³-hybridized carbons (Fsp3) is 0.429. The fourth-order valence-corrected chi connectivity index (χ4v) is 2.02. The molecule has 0 saturated heterocycles. The van der Waals surface area contributed by atoms with Crippen molar-refractivity contribution in [2.75, 3.05) is 6.54 Å². The number of carbonyl (C=O) groups is 1. The number of amides is 1. The van der Waals surface area contributed by atoms with E-state index < -0.39 is 0 Å². The maximum absolute atomic E-state index is 11.8. The van der Waals surface area contributed by atoms with E-state index in [-0.39, 0.29) is 5.91 Å². The molecular formula is C14H18N2OS. The van der Waals surface area contributed by atoms with Crippen LogP contribution in [0.25, 0.3) is 0 Å². The Morgan fingerprint density at radius 1 is 1.28 bits per heavy atom. The highest BCUT2D eigenvalue weighted by molar-refractivity contribution is 7.80. The highest BCUT2D eigenvalue weighted by Gasteiger charge is 2.20. The summed E-state index contributed by atoms with van der Waals surface area (Å²) in [7, 11) is 0. The molecule has 1 aliphatic rings. The van der Waals surface area contributed by atoms with Gasteiger partial charge in [0.25, 0.3) is 5.91 Å². The molecule has 0 heterocycles. The lowest BCUT2D eigenvalue weighted by Gasteiger charge is -2.05. The third-order valence-corrected chi connectivity index (χ3v) is 3.44. The lowest BCUT2D eigenvalue weighted by Crippen LogP contribution is -2.24. The number of nitrogens with one attached hydrogen (secondary N) is 1. The van der Waals surface area contributed by atoms with E-state index in [1.165, 1.54) is 19.3 Å². The number of nitrogens with two attached hydrogens (primary N) is 1. The summed E-state index contributed by atoms with van der Waals surface area (Å²) in [5.41, 5.74) is 6.94. The molecule has 1 fully saturated rings. The summed E-state index contributed by atoms with van der Waals surface area (Å²) < 4.78 is 0. The van der Waals surface area contributed by atoms with Gasteiger partial charge in [0.05, 0.1) is 0 Å². The Hall–Kier alpha value is -1.42. The van der Waals surface area contributed by atoms with E-state index in [0.717, 1.165) is 24.4 Å². The molecule has 3 N–H and O–H groups in total. The smallest absolute Gasteiger partial charge is 0.251 e. The molecule has 1 saturated carbocycles. The van der Waals surface area contributed by atoms with Crippen LogP contribution in [-0.2, 0) is 0 Å². The molecule has 0 unspecified atom stereocenters. The van der Waals surface area contributed by atoms with Gasteiger partial charge in [-0.15, -0.1) is 0 Å². The fourth-order valence-electron chi connectivity index (χ4n) is 1.89. The summed E-state index contributed by atoms with van der Waals surface area (Å²) in [6.45, 7) is 0.756. The molecule has 0 atom stereocenters. The van der Waals surface area contributed by atoms with Crippen LogP contribution in [0.1, 0.15) is 41.6 Å². The van der Waals surface area contributed by atoms with Crippen LogP contribution in [-0.4, -0.2) is 17.4 Å². The van der Waals surface area contributed by atoms with Crippen molar-refractivity contribution in [3.63, 3.8) is 0 Å². The van der Waals surface area contributed by atoms with Gasteiger partial charge in [-0.3, -0.25) is 4.79 Å². The summed E-state index contributed by atoms with van der Waals surface area (Å²) in [4.78, 5) is 12.2. The zero-order chi connectivity index (χ0) is 13.0. The van der Waals surface area contributed by atoms with E-state index in [0.29, 0.717) is 10.6 Å². The summed E-state index contributed by atoms with van der Waals surface area (Å²) >= 11 is 4.86. The second-order valence-electron chi connectivity index (χ2n) is 4.78. The van der Waals surface area contributed by atoms with Crippen LogP contribution >= 0.6 is 12.2 Å². The minimum absolute atomic E-state index is 0.0275. The Kier molecular flexibility index (Phi) is 4.31. The molecule has 96 valence electrons. The topological polar surface area (TPSA) is 55.1 Å². The van der Waals surface area contributed by atoms with E-state index in [9.17, 15) is 4.79 Å². The van der Waals surface area contributed by atoms with E-state index in [4.69, 9.17) is 18.0 Å². The summed E-state index contributed by atoms with van der Waals surface area (Å²) in [5.74, 6) is 0.895. The average molecular weight is 262 g/mol. The monoisotopic (exact) mass is 262 g/mol. The van der Waals surface area contributed by atoms with Gasteiger partial charge in [-0.25, -0.2) is 0 Å². The van der Waals surface area contributed by atoms with Crippen molar-refractivity contribution in [3.05, 3.63) is 35.4 Å². The van der Waals surface area contributed by atoms with Gasteiger partial charge in [0.15, 0.2) is 0 Å². The minimum atomic E-state index is -0.0275. The second kappa shape index (κ2) is 5.96. The molecule has 18 heavy (non-hydrogen) atoms. The molecule has 1 aliphatic carbocycles. The number of hydrogen-bond acceptors (Lipinski definition) is 2. The predicted octanol–water partition coefficient (Wildman–Crippen LogP) is 2.24. The maximum Gasteiger partial charge on any atom is 0.251 e. The Morgan fingerprint density at radius 2 is 1.89 bits per heavy atom. The van der Waals surface area contributed by atoms with Crippen LogP contribution in [0.5, 0.6) is 0 Å². The number of rotatable bonds is 6. The van der Waals surface area contributed by atoms with Gasteiger partial charge >= 0.3 is 0 Å². The first-order chi connectivity index (χ1) is 8.66. The van der Waals surface area contributed by atoms with Crippen molar-refractivity contribution < 1.29 is 4.79 Å². The molecule has 2 rings (SSSR count). The predicted molar refractivity (Wildman–Crippen MR) is 76.6 cm³/mol. The van der Waals surface area contributed by atoms with E-state index >= 15 is 0 Å². The molecule has 1 aromatic rings. The third-order valence-electron chi connectivity index (χ3n) is 3.20. The van der Waals surface area contributed by atoms with Crippen LogP contribution in [0.3, 0.4) is 0 Å². The van der Waals surface area contributed by atoms with Crippen molar-refractivity contribution in [2.24, 2.45) is 11.7 Å². The molecule has 0 spiro atoms. The normalized spacial score (nSPS) is 14.2. The van der Waals surface area contributed by atoms with Crippen LogP contribution < -0.4 is 11.1 Å². The maximum atomic E-state index is 11.8. The quantitative estimate of drug-likeness (QED) is 0.610. The van der Waals surface area contributed by atoms with Crippen LogP contribution in [0.4, 0.5) is 0 Å². The average Bonchev–Trinajstić information content (AvgIpc) is 3.18. The van der Waals surface area contributed by atoms with Gasteiger partial charge in [-0.2, -0.15) is 0 Å². The van der Waals surface area contributed by atoms with Gasteiger partial charge in [0.2, 0.25) is 0 Å². The van der Waals surface area contributed by atoms with Crippen LogP contribution in [0.15, 0.2) is 24.3 Å². The standard InChI is InChI=1S/C14H18N2OS/c15-13(18)11-5-7-12(8-6-11)14(17)16-9-1-2-10-3-4-10/h5-8,10H,1-4,9H2,(H2,15,18)(H,16,17). The van der Waals surface area contributed by atoms with E-state index in [2.05, 4.69) is 5.32 Å². The van der Waals surface area contributed by atoms with Gasteiger partial charge in [0.1, 0.15) is 4.99 Å². The van der Waals surface area contributed by atoms with Crippen molar-refractivity contribution in [2.45, 2.75) is 25.7 Å². The van der Waals surface area contributed by atoms with Crippen LogP contribution in [0.2, 0.25) is 0 Å². The molecule has 0 aliphatic heterocycles. The Labute approximate surface area is 113 Å². The Morgan fingerprint density at radius 3 is 2.44 bits per heavy atom. The van der Waals surface area contributed by atoms with E-state index in [1.807, 2.05) is 0 Å². The zero-order valence-corrected chi connectivity index (χ0v) is 11.1. The van der Waals surface area contributed by atoms with E-state index in [1.54, 1.807) is 24.3 Å². The molecule has 4 heteroatoms. The van der Waals surface area contributed by atoms with Crippen molar-refractivity contribution in [3.8, 4) is 0 Å². The Balaban J connectivity index is 1.78. The minimum Gasteiger partial charge on any atom is -0.389 e. The van der Waals surface area contributed by atoms with Crippen molar-refractivity contribution in [1.82, 2.24) is 5.32 Å². The summed E-state index contributed by atoms with van der Waals surface area (Å²) in [6, 6.07) is 7.07. The van der Waals surface area contributed by atoms with Gasteiger partial charge < -0.3 is 11.1 Å². The molecule has 0 bridgehead atoms. The van der Waals surface area contributed by atoms with Crippen LogP contribution in [0, 0.1) is 5.92 Å². The highest BCUT2D eigenvalue weighted by Crippen LogP contribution is 2.33. The number of carbonyl (C=O) groups excluding carboxylic acids is 1. The molecule has 1 amide bonds. The summed E-state index contributed by atoms with van der Waals surface area (Å²) in [6.07, 6.45) is 5.05. The number of benzene rings is 1. The third kappa shape index (κ3) is 3.81. The highest BCUT2D eigenvalue weighted by atomic mass is 32.1. The largest absolute Gasteiger partial charge is 0.389 e. The lowest BCUT2D eigenvalue weighted by atomic mass is 10.1. The zero-order valence-electron chi connectivity index (χ0n) is 10.3. The summed E-state index contributed by atoms with van der Waals surface area (Å²) in [5, 5.41) is 2.93. The van der Waals surface area contributed by atoms with Gasteiger partial charge in [0, 0.05) is 17.7 Å². The van der Waals surface area contributed by atoms with Crippen molar-refractivity contribution in [1.29, 1.82) is 0 Å². The molecule has 0 radical (unpaired) electrons. The van der Waals surface area contributed by atoms with Crippen molar-refractivity contribution >= 4 is 23.1 Å². The molecule has 3 nitrogen and oxygen atoms in total. The first-order valence-electron chi connectivity index (χ1n) is 6.35. The second-order valence-corrected chi connectivity index (χ2v) is 5.22. The first-order valence-corrected chi connectivity index (χ1v) is 6.75. The molecule has 1 aromatic carbocycles.